The first kappa shape index (κ1) is 18.3. The van der Waals surface area contributed by atoms with Crippen molar-refractivity contribution in [2.45, 2.75) is 19.9 Å². The number of rotatable bonds is 5. The maximum Gasteiger partial charge on any atom is 0.339 e. The van der Waals surface area contributed by atoms with Crippen LogP contribution in [0.15, 0.2) is 30.3 Å². The topological polar surface area (TPSA) is 69.6 Å². The minimum Gasteiger partial charge on any atom is -0.478 e. The zero-order valence-electron chi connectivity index (χ0n) is 14.3. The Labute approximate surface area is 154 Å². The van der Waals surface area contributed by atoms with Crippen LogP contribution in [-0.2, 0) is 17.8 Å². The molecule has 0 fully saturated rings. The molecule has 5 nitrogen and oxygen atoms in total. The number of benzene rings is 1. The number of likely N-dealkylation sites (N-methyl/N-ethyl adjacent to an activating group) is 1. The molecule has 0 atom stereocenters. The fourth-order valence-corrected chi connectivity index (χ4v) is 4.23. The van der Waals surface area contributed by atoms with E-state index in [0.29, 0.717) is 23.5 Å². The average molecular weight is 374 g/mol. The molecular formula is C19H19FN2O3S. The highest BCUT2D eigenvalue weighted by molar-refractivity contribution is 7.17. The largest absolute Gasteiger partial charge is 0.478 e. The molecule has 0 spiro atoms. The fourth-order valence-electron chi connectivity index (χ4n) is 2.94. The normalized spacial score (nSPS) is 14.4. The molecule has 0 radical (unpaired) electrons. The van der Waals surface area contributed by atoms with Gasteiger partial charge in [-0.15, -0.1) is 11.3 Å². The third-order valence-corrected chi connectivity index (χ3v) is 5.46. The second-order valence-corrected chi connectivity index (χ2v) is 7.11. The molecule has 0 saturated heterocycles. The number of fused-ring (bicyclic) bond motifs is 1. The molecule has 0 aliphatic carbocycles. The quantitative estimate of drug-likeness (QED) is 0.785. The number of anilines is 1. The van der Waals surface area contributed by atoms with Gasteiger partial charge in [-0.25, -0.2) is 9.18 Å². The zero-order valence-corrected chi connectivity index (χ0v) is 15.1. The van der Waals surface area contributed by atoms with Crippen molar-refractivity contribution in [1.29, 1.82) is 0 Å². The van der Waals surface area contributed by atoms with Crippen LogP contribution in [0.4, 0.5) is 9.39 Å². The van der Waals surface area contributed by atoms with Crippen LogP contribution in [0.2, 0.25) is 0 Å². The Bertz CT molecular complexity index is 858. The van der Waals surface area contributed by atoms with E-state index in [1.54, 1.807) is 18.2 Å². The molecule has 2 N–H and O–H groups in total. The molecule has 1 aromatic heterocycles. The van der Waals surface area contributed by atoms with Gasteiger partial charge in [-0.2, -0.15) is 0 Å². The summed E-state index contributed by atoms with van der Waals surface area (Å²) < 4.78 is 12.9. The number of nitrogens with zero attached hydrogens (tertiary/aromatic N) is 1. The minimum absolute atomic E-state index is 0.198. The lowest BCUT2D eigenvalue weighted by molar-refractivity contribution is -0.111. The third kappa shape index (κ3) is 4.00. The van der Waals surface area contributed by atoms with Crippen molar-refractivity contribution in [3.05, 3.63) is 57.7 Å². The summed E-state index contributed by atoms with van der Waals surface area (Å²) in [6, 6.07) is 5.75. The smallest absolute Gasteiger partial charge is 0.339 e. The number of aromatic carboxylic acids is 1. The average Bonchev–Trinajstić information content (AvgIpc) is 2.98. The molecule has 26 heavy (non-hydrogen) atoms. The summed E-state index contributed by atoms with van der Waals surface area (Å²) in [6.07, 6.45) is 3.54. The van der Waals surface area contributed by atoms with Gasteiger partial charge in [-0.05, 0) is 42.3 Å². The molecule has 1 aliphatic rings. The van der Waals surface area contributed by atoms with Crippen molar-refractivity contribution in [1.82, 2.24) is 4.90 Å². The molecule has 0 bridgehead atoms. The molecule has 2 aromatic rings. The Balaban J connectivity index is 1.78. The van der Waals surface area contributed by atoms with Gasteiger partial charge in [0.25, 0.3) is 0 Å². The van der Waals surface area contributed by atoms with Crippen LogP contribution in [0.3, 0.4) is 0 Å². The predicted octanol–water partition coefficient (Wildman–Crippen LogP) is 3.62. The van der Waals surface area contributed by atoms with Crippen LogP contribution in [0.5, 0.6) is 0 Å². The van der Waals surface area contributed by atoms with Crippen molar-refractivity contribution < 1.29 is 19.1 Å². The summed E-state index contributed by atoms with van der Waals surface area (Å²) in [7, 11) is 0. The van der Waals surface area contributed by atoms with E-state index >= 15 is 0 Å². The van der Waals surface area contributed by atoms with E-state index in [1.165, 1.54) is 29.5 Å². The highest BCUT2D eigenvalue weighted by Crippen LogP contribution is 2.37. The van der Waals surface area contributed by atoms with Crippen molar-refractivity contribution in [2.75, 3.05) is 18.4 Å². The summed E-state index contributed by atoms with van der Waals surface area (Å²) in [4.78, 5) is 27.1. The Hall–Kier alpha value is -2.51. The second-order valence-electron chi connectivity index (χ2n) is 6.01. The number of carbonyl (C=O) groups excluding carboxylic acids is 1. The maximum atomic E-state index is 12.9. The SMILES string of the molecule is CCN1CCc2c(sc(NC(=O)/C=C/c3ccc(F)cc3)c2C(=O)O)C1. The van der Waals surface area contributed by atoms with Gasteiger partial charge >= 0.3 is 5.97 Å². The summed E-state index contributed by atoms with van der Waals surface area (Å²) in [5.74, 6) is -1.78. The molecule has 3 rings (SSSR count). The molecule has 2 heterocycles. The Morgan fingerprint density at radius 2 is 2.08 bits per heavy atom. The van der Waals surface area contributed by atoms with Gasteiger partial charge in [0.1, 0.15) is 10.8 Å². The van der Waals surface area contributed by atoms with E-state index in [9.17, 15) is 19.1 Å². The molecule has 1 amide bonds. The standard InChI is InChI=1S/C19H19FN2O3S/c1-2-22-10-9-14-15(11-22)26-18(17(14)19(24)25)21-16(23)8-5-12-3-6-13(20)7-4-12/h3-8H,2,9-11H2,1H3,(H,21,23)(H,24,25)/b8-5+. The highest BCUT2D eigenvalue weighted by Gasteiger charge is 2.27. The van der Waals surface area contributed by atoms with Gasteiger partial charge < -0.3 is 10.4 Å². The summed E-state index contributed by atoms with van der Waals surface area (Å²) in [5.41, 5.74) is 1.71. The second kappa shape index (κ2) is 7.80. The Kier molecular flexibility index (Phi) is 5.49. The van der Waals surface area contributed by atoms with Crippen LogP contribution >= 0.6 is 11.3 Å². The fraction of sp³-hybridized carbons (Fsp3) is 0.263. The van der Waals surface area contributed by atoms with E-state index < -0.39 is 11.9 Å². The Morgan fingerprint density at radius 3 is 2.73 bits per heavy atom. The first-order chi connectivity index (χ1) is 12.5. The maximum absolute atomic E-state index is 12.9. The van der Waals surface area contributed by atoms with E-state index in [1.807, 2.05) is 0 Å². The van der Waals surface area contributed by atoms with Gasteiger partial charge in [0, 0.05) is 24.0 Å². The van der Waals surface area contributed by atoms with E-state index in [4.69, 9.17) is 0 Å². The van der Waals surface area contributed by atoms with Crippen LogP contribution < -0.4 is 5.32 Å². The van der Waals surface area contributed by atoms with Gasteiger partial charge in [-0.3, -0.25) is 9.69 Å². The number of hydrogen-bond donors (Lipinski definition) is 2. The first-order valence-electron chi connectivity index (χ1n) is 8.32. The van der Waals surface area contributed by atoms with Crippen LogP contribution in [0.25, 0.3) is 6.08 Å². The van der Waals surface area contributed by atoms with Gasteiger partial charge in [0.2, 0.25) is 5.91 Å². The summed E-state index contributed by atoms with van der Waals surface area (Å²) in [5, 5.41) is 12.6. The number of hydrogen-bond acceptors (Lipinski definition) is 4. The van der Waals surface area contributed by atoms with Crippen molar-refractivity contribution >= 4 is 34.3 Å². The molecule has 1 aromatic carbocycles. The monoisotopic (exact) mass is 374 g/mol. The molecular weight excluding hydrogens is 355 g/mol. The summed E-state index contributed by atoms with van der Waals surface area (Å²) in [6.45, 7) is 4.50. The third-order valence-electron chi connectivity index (χ3n) is 4.33. The number of carboxylic acid groups (broad SMARTS) is 1. The number of nitrogens with one attached hydrogen (secondary N) is 1. The lowest BCUT2D eigenvalue weighted by atomic mass is 10.0. The van der Waals surface area contributed by atoms with Crippen molar-refractivity contribution in [3.63, 3.8) is 0 Å². The molecule has 0 saturated carbocycles. The summed E-state index contributed by atoms with van der Waals surface area (Å²) >= 11 is 1.32. The van der Waals surface area contributed by atoms with E-state index in [2.05, 4.69) is 17.1 Å². The van der Waals surface area contributed by atoms with E-state index in [0.717, 1.165) is 23.5 Å². The van der Waals surface area contributed by atoms with Crippen LogP contribution in [0.1, 0.15) is 33.3 Å². The van der Waals surface area contributed by atoms with Gasteiger partial charge in [-0.1, -0.05) is 19.1 Å². The zero-order chi connectivity index (χ0) is 18.7. The molecule has 7 heteroatoms. The lowest BCUT2D eigenvalue weighted by Crippen LogP contribution is -2.29. The minimum atomic E-state index is -1.02. The van der Waals surface area contributed by atoms with Crippen molar-refractivity contribution in [3.8, 4) is 0 Å². The molecule has 1 aliphatic heterocycles. The number of carbonyl (C=O) groups is 2. The number of amides is 1. The van der Waals surface area contributed by atoms with Gasteiger partial charge in [0.05, 0.1) is 5.56 Å². The van der Waals surface area contributed by atoms with Crippen molar-refractivity contribution in [2.24, 2.45) is 0 Å². The number of carboxylic acids is 1. The highest BCUT2D eigenvalue weighted by atomic mass is 32.1. The van der Waals surface area contributed by atoms with Crippen LogP contribution in [0, 0.1) is 5.82 Å². The van der Waals surface area contributed by atoms with Gasteiger partial charge in [0.15, 0.2) is 0 Å². The number of thiophene rings is 1. The van der Waals surface area contributed by atoms with E-state index in [-0.39, 0.29) is 11.4 Å². The lowest BCUT2D eigenvalue weighted by Gasteiger charge is -2.25. The predicted molar refractivity (Wildman–Crippen MR) is 100.0 cm³/mol. The first-order valence-corrected chi connectivity index (χ1v) is 9.14. The number of halogens is 1. The molecule has 0 unspecified atom stereocenters. The molecule has 136 valence electrons. The Morgan fingerprint density at radius 1 is 1.35 bits per heavy atom. The van der Waals surface area contributed by atoms with Crippen LogP contribution in [-0.4, -0.2) is 35.0 Å².